The molecular formula is C20H31NO2. The van der Waals surface area contributed by atoms with Crippen LogP contribution in [0, 0.1) is 16.7 Å². The zero-order valence-corrected chi connectivity index (χ0v) is 14.3. The normalized spacial score (nSPS) is 37.3. The molecule has 3 rings (SSSR count). The van der Waals surface area contributed by atoms with Gasteiger partial charge in [-0.1, -0.05) is 50.1 Å². The summed E-state index contributed by atoms with van der Waals surface area (Å²) < 4.78 is 6.10. The summed E-state index contributed by atoms with van der Waals surface area (Å²) in [5.41, 5.74) is 7.61. The van der Waals surface area contributed by atoms with E-state index in [4.69, 9.17) is 10.5 Å². The lowest BCUT2D eigenvalue weighted by molar-refractivity contribution is -0.146. The van der Waals surface area contributed by atoms with Gasteiger partial charge in [0.25, 0.3) is 0 Å². The molecule has 3 heteroatoms. The van der Waals surface area contributed by atoms with Gasteiger partial charge in [0.05, 0.1) is 19.3 Å². The Labute approximate surface area is 140 Å². The molecule has 4 atom stereocenters. The van der Waals surface area contributed by atoms with Gasteiger partial charge in [0, 0.05) is 12.0 Å². The molecule has 3 nitrogen and oxygen atoms in total. The van der Waals surface area contributed by atoms with Gasteiger partial charge in [0.1, 0.15) is 0 Å². The van der Waals surface area contributed by atoms with Crippen molar-refractivity contribution in [2.75, 3.05) is 13.2 Å². The quantitative estimate of drug-likeness (QED) is 0.874. The predicted octanol–water partition coefficient (Wildman–Crippen LogP) is 3.50. The van der Waals surface area contributed by atoms with E-state index in [9.17, 15) is 5.11 Å². The summed E-state index contributed by atoms with van der Waals surface area (Å²) >= 11 is 0. The molecule has 1 aromatic rings. The molecule has 0 aliphatic heterocycles. The fourth-order valence-electron chi connectivity index (χ4n) is 5.33. The van der Waals surface area contributed by atoms with Crippen LogP contribution in [0.5, 0.6) is 0 Å². The third-order valence-electron chi connectivity index (χ3n) is 6.37. The van der Waals surface area contributed by atoms with Gasteiger partial charge in [-0.05, 0) is 42.6 Å². The highest BCUT2D eigenvalue weighted by molar-refractivity contribution is 5.13. The average Bonchev–Trinajstić information content (AvgIpc) is 2.55. The van der Waals surface area contributed by atoms with Crippen LogP contribution >= 0.6 is 0 Å². The van der Waals surface area contributed by atoms with Crippen LogP contribution in [0.3, 0.4) is 0 Å². The minimum atomic E-state index is -0.224. The average molecular weight is 317 g/mol. The van der Waals surface area contributed by atoms with E-state index in [1.165, 1.54) is 24.8 Å². The lowest BCUT2D eigenvalue weighted by atomic mass is 9.50. The van der Waals surface area contributed by atoms with Gasteiger partial charge in [-0.2, -0.15) is 0 Å². The van der Waals surface area contributed by atoms with Crippen molar-refractivity contribution in [2.24, 2.45) is 22.5 Å². The molecule has 2 aliphatic rings. The van der Waals surface area contributed by atoms with Crippen LogP contribution in [0.4, 0.5) is 0 Å². The number of aliphatic hydroxyl groups excluding tert-OH is 1. The smallest absolute Gasteiger partial charge is 0.0717 e. The summed E-state index contributed by atoms with van der Waals surface area (Å²) in [5, 5.41) is 10.7. The molecular weight excluding hydrogens is 286 g/mol. The standard InChI is InChI=1S/C20H31NO2/c1-19-10-5-9-17(22)18(19)20(14-21,12-6-11-19)15-23-13-16-7-3-2-4-8-16/h2-4,7-8,17-18,22H,5-6,9-15,21H2,1H3/t17-,18-,19+,20-/m1/s1. The van der Waals surface area contributed by atoms with E-state index in [0.717, 1.165) is 19.3 Å². The van der Waals surface area contributed by atoms with Crippen LogP contribution in [0.2, 0.25) is 0 Å². The van der Waals surface area contributed by atoms with Crippen LogP contribution < -0.4 is 5.73 Å². The maximum Gasteiger partial charge on any atom is 0.0717 e. The molecule has 0 aromatic heterocycles. The lowest BCUT2D eigenvalue weighted by Gasteiger charge is -2.57. The number of hydrogen-bond acceptors (Lipinski definition) is 3. The molecule has 0 unspecified atom stereocenters. The van der Waals surface area contributed by atoms with E-state index in [1.807, 2.05) is 18.2 Å². The Balaban J connectivity index is 1.72. The van der Waals surface area contributed by atoms with Crippen molar-refractivity contribution < 1.29 is 9.84 Å². The van der Waals surface area contributed by atoms with Gasteiger partial charge >= 0.3 is 0 Å². The number of aliphatic hydroxyl groups is 1. The second-order valence-corrected chi connectivity index (χ2v) is 7.99. The second kappa shape index (κ2) is 6.92. The highest BCUT2D eigenvalue weighted by Gasteiger charge is 2.54. The first kappa shape index (κ1) is 16.9. The van der Waals surface area contributed by atoms with Crippen molar-refractivity contribution in [3.63, 3.8) is 0 Å². The van der Waals surface area contributed by atoms with Crippen molar-refractivity contribution >= 4 is 0 Å². The van der Waals surface area contributed by atoms with Gasteiger partial charge in [0.15, 0.2) is 0 Å². The summed E-state index contributed by atoms with van der Waals surface area (Å²) in [6.45, 7) is 4.26. The molecule has 0 heterocycles. The third kappa shape index (κ3) is 3.33. The Morgan fingerprint density at radius 2 is 1.91 bits per heavy atom. The molecule has 1 aromatic carbocycles. The predicted molar refractivity (Wildman–Crippen MR) is 92.9 cm³/mol. The molecule has 2 saturated carbocycles. The summed E-state index contributed by atoms with van der Waals surface area (Å²) in [4.78, 5) is 0. The molecule has 0 radical (unpaired) electrons. The van der Waals surface area contributed by atoms with Crippen molar-refractivity contribution in [2.45, 2.75) is 58.2 Å². The van der Waals surface area contributed by atoms with Crippen molar-refractivity contribution in [1.29, 1.82) is 0 Å². The van der Waals surface area contributed by atoms with E-state index in [1.54, 1.807) is 0 Å². The number of nitrogens with two attached hydrogens (primary N) is 1. The van der Waals surface area contributed by atoms with E-state index >= 15 is 0 Å². The summed E-state index contributed by atoms with van der Waals surface area (Å²) in [6.07, 6.45) is 6.55. The van der Waals surface area contributed by atoms with Gasteiger partial charge in [0.2, 0.25) is 0 Å². The van der Waals surface area contributed by atoms with Gasteiger partial charge < -0.3 is 15.6 Å². The Morgan fingerprint density at radius 3 is 2.65 bits per heavy atom. The van der Waals surface area contributed by atoms with Crippen LogP contribution in [0.25, 0.3) is 0 Å². The van der Waals surface area contributed by atoms with Crippen molar-refractivity contribution in [1.82, 2.24) is 0 Å². The number of hydrogen-bond donors (Lipinski definition) is 2. The van der Waals surface area contributed by atoms with E-state index in [-0.39, 0.29) is 22.9 Å². The van der Waals surface area contributed by atoms with Gasteiger partial charge in [-0.25, -0.2) is 0 Å². The Morgan fingerprint density at radius 1 is 1.17 bits per heavy atom. The minimum absolute atomic E-state index is 0.0678. The van der Waals surface area contributed by atoms with Crippen LogP contribution in [0.15, 0.2) is 30.3 Å². The molecule has 23 heavy (non-hydrogen) atoms. The highest BCUT2D eigenvalue weighted by atomic mass is 16.5. The van der Waals surface area contributed by atoms with E-state index in [2.05, 4.69) is 19.1 Å². The number of ether oxygens (including phenoxy) is 1. The van der Waals surface area contributed by atoms with Gasteiger partial charge in [-0.15, -0.1) is 0 Å². The molecule has 0 amide bonds. The monoisotopic (exact) mass is 317 g/mol. The Bertz CT molecular complexity index is 502. The first-order valence-corrected chi connectivity index (χ1v) is 9.09. The maximum absolute atomic E-state index is 10.7. The van der Waals surface area contributed by atoms with E-state index < -0.39 is 0 Å². The van der Waals surface area contributed by atoms with Crippen molar-refractivity contribution in [3.8, 4) is 0 Å². The van der Waals surface area contributed by atoms with E-state index in [0.29, 0.717) is 19.8 Å². The van der Waals surface area contributed by atoms with Crippen LogP contribution in [-0.4, -0.2) is 24.4 Å². The largest absolute Gasteiger partial charge is 0.393 e. The van der Waals surface area contributed by atoms with Crippen LogP contribution in [-0.2, 0) is 11.3 Å². The topological polar surface area (TPSA) is 55.5 Å². The molecule has 128 valence electrons. The Kier molecular flexibility index (Phi) is 5.10. The summed E-state index contributed by atoms with van der Waals surface area (Å²) in [6, 6.07) is 10.3. The summed E-state index contributed by atoms with van der Waals surface area (Å²) in [7, 11) is 0. The number of rotatable bonds is 5. The Hall–Kier alpha value is -0.900. The second-order valence-electron chi connectivity index (χ2n) is 7.99. The zero-order chi connectivity index (χ0) is 16.3. The molecule has 0 saturated heterocycles. The first-order chi connectivity index (χ1) is 11.1. The highest BCUT2D eigenvalue weighted by Crippen LogP contribution is 2.57. The van der Waals surface area contributed by atoms with Crippen LogP contribution in [0.1, 0.15) is 51.0 Å². The number of benzene rings is 1. The third-order valence-corrected chi connectivity index (χ3v) is 6.37. The zero-order valence-electron chi connectivity index (χ0n) is 14.3. The molecule has 0 bridgehead atoms. The minimum Gasteiger partial charge on any atom is -0.393 e. The molecule has 0 spiro atoms. The number of fused-ring (bicyclic) bond motifs is 1. The fraction of sp³-hybridized carbons (Fsp3) is 0.700. The lowest BCUT2D eigenvalue weighted by Crippen LogP contribution is -2.57. The fourth-order valence-corrected chi connectivity index (χ4v) is 5.33. The van der Waals surface area contributed by atoms with Crippen molar-refractivity contribution in [3.05, 3.63) is 35.9 Å². The van der Waals surface area contributed by atoms with Gasteiger partial charge in [-0.3, -0.25) is 0 Å². The maximum atomic E-state index is 10.7. The summed E-state index contributed by atoms with van der Waals surface area (Å²) in [5.74, 6) is 0.276. The molecule has 2 fully saturated rings. The SMILES string of the molecule is C[C@@]12CCC[C@@H](O)[C@H]1[C@](CN)(COCc1ccccc1)CCC2. The molecule has 2 aliphatic carbocycles. The molecule has 3 N–H and O–H groups in total. The first-order valence-electron chi connectivity index (χ1n) is 9.09.